The lowest BCUT2D eigenvalue weighted by Gasteiger charge is -2.30. The standard InChI is InChI=1S/C28H29N/c1-5-28(29,6-2)18-15-16-23-24(17-18)27(3,4)26-22-14-10-8-12-20(22)19-11-7-9-13-21(19)25(23)26/h7-17H,5-6,29H2,1-4H3. The van der Waals surface area contributed by atoms with Crippen molar-refractivity contribution in [2.75, 3.05) is 0 Å². The van der Waals surface area contributed by atoms with Crippen LogP contribution in [0.4, 0.5) is 0 Å². The highest BCUT2D eigenvalue weighted by atomic mass is 14.7. The third-order valence-corrected chi connectivity index (χ3v) is 7.36. The summed E-state index contributed by atoms with van der Waals surface area (Å²) in [5.74, 6) is 0. The van der Waals surface area contributed by atoms with Gasteiger partial charge in [-0.05, 0) is 62.2 Å². The summed E-state index contributed by atoms with van der Waals surface area (Å²) < 4.78 is 0. The van der Waals surface area contributed by atoms with Gasteiger partial charge in [-0.2, -0.15) is 0 Å². The van der Waals surface area contributed by atoms with Gasteiger partial charge < -0.3 is 5.73 Å². The predicted molar refractivity (Wildman–Crippen MR) is 125 cm³/mol. The molecule has 0 radical (unpaired) electrons. The highest BCUT2D eigenvalue weighted by molar-refractivity contribution is 6.18. The molecule has 1 nitrogen and oxygen atoms in total. The second-order valence-corrected chi connectivity index (χ2v) is 9.09. The Balaban J connectivity index is 1.91. The zero-order valence-corrected chi connectivity index (χ0v) is 17.8. The minimum atomic E-state index is -0.260. The van der Waals surface area contributed by atoms with Crippen molar-refractivity contribution in [1.29, 1.82) is 0 Å². The molecule has 0 amide bonds. The van der Waals surface area contributed by atoms with E-state index in [1.54, 1.807) is 0 Å². The first-order valence-electron chi connectivity index (χ1n) is 10.8. The molecule has 29 heavy (non-hydrogen) atoms. The van der Waals surface area contributed by atoms with E-state index in [1.807, 2.05) is 0 Å². The molecule has 2 N–H and O–H groups in total. The molecule has 5 rings (SSSR count). The lowest BCUT2D eigenvalue weighted by molar-refractivity contribution is 0.412. The summed E-state index contributed by atoms with van der Waals surface area (Å²) in [7, 11) is 0. The normalized spacial score (nSPS) is 14.9. The Kier molecular flexibility index (Phi) is 3.92. The number of hydrogen-bond acceptors (Lipinski definition) is 1. The van der Waals surface area contributed by atoms with Gasteiger partial charge in [-0.3, -0.25) is 0 Å². The van der Waals surface area contributed by atoms with Crippen LogP contribution >= 0.6 is 0 Å². The first-order chi connectivity index (χ1) is 13.9. The molecule has 1 heteroatoms. The second kappa shape index (κ2) is 6.18. The molecule has 0 heterocycles. The van der Waals surface area contributed by atoms with Crippen LogP contribution in [0.3, 0.4) is 0 Å². The van der Waals surface area contributed by atoms with Crippen LogP contribution in [-0.2, 0) is 11.0 Å². The van der Waals surface area contributed by atoms with E-state index in [9.17, 15) is 0 Å². The van der Waals surface area contributed by atoms with Crippen LogP contribution in [0.5, 0.6) is 0 Å². The van der Waals surface area contributed by atoms with Gasteiger partial charge in [0.25, 0.3) is 0 Å². The predicted octanol–water partition coefficient (Wildman–Crippen LogP) is 7.27. The lowest BCUT2D eigenvalue weighted by Crippen LogP contribution is -2.35. The van der Waals surface area contributed by atoms with Gasteiger partial charge in [-0.1, -0.05) is 94.4 Å². The van der Waals surface area contributed by atoms with Gasteiger partial charge >= 0.3 is 0 Å². The first kappa shape index (κ1) is 18.4. The van der Waals surface area contributed by atoms with E-state index < -0.39 is 0 Å². The van der Waals surface area contributed by atoms with Gasteiger partial charge in [0.2, 0.25) is 0 Å². The Hall–Kier alpha value is -2.64. The van der Waals surface area contributed by atoms with Gasteiger partial charge in [0.15, 0.2) is 0 Å². The Labute approximate surface area is 173 Å². The monoisotopic (exact) mass is 379 g/mol. The van der Waals surface area contributed by atoms with Crippen LogP contribution in [0.1, 0.15) is 57.2 Å². The second-order valence-electron chi connectivity index (χ2n) is 9.09. The average Bonchev–Trinajstić information content (AvgIpc) is 3.00. The number of nitrogens with two attached hydrogens (primary N) is 1. The Bertz CT molecular complexity index is 1260. The van der Waals surface area contributed by atoms with Crippen LogP contribution < -0.4 is 5.73 Å². The van der Waals surface area contributed by atoms with Crippen molar-refractivity contribution in [3.63, 3.8) is 0 Å². The zero-order valence-electron chi connectivity index (χ0n) is 17.8. The van der Waals surface area contributed by atoms with Crippen LogP contribution in [0.25, 0.3) is 32.7 Å². The zero-order chi connectivity index (χ0) is 20.4. The van der Waals surface area contributed by atoms with Gasteiger partial charge in [0, 0.05) is 11.0 Å². The highest BCUT2D eigenvalue weighted by Crippen LogP contribution is 2.55. The summed E-state index contributed by atoms with van der Waals surface area (Å²) >= 11 is 0. The van der Waals surface area contributed by atoms with Crippen molar-refractivity contribution in [2.45, 2.75) is 51.5 Å². The van der Waals surface area contributed by atoms with Crippen molar-refractivity contribution < 1.29 is 0 Å². The van der Waals surface area contributed by atoms with E-state index in [-0.39, 0.29) is 11.0 Å². The third-order valence-electron chi connectivity index (χ3n) is 7.36. The molecule has 0 unspecified atom stereocenters. The lowest BCUT2D eigenvalue weighted by atomic mass is 9.77. The molecule has 0 atom stereocenters. The van der Waals surface area contributed by atoms with Gasteiger partial charge in [0.05, 0.1) is 0 Å². The molecule has 4 aromatic rings. The SMILES string of the molecule is CCC(N)(CC)c1ccc2c(c1)C(C)(C)c1c-2c2ccccc2c2ccccc12. The van der Waals surface area contributed by atoms with E-state index in [0.29, 0.717) is 0 Å². The molecule has 146 valence electrons. The van der Waals surface area contributed by atoms with Gasteiger partial charge in [-0.15, -0.1) is 0 Å². The van der Waals surface area contributed by atoms with Crippen molar-refractivity contribution in [3.05, 3.63) is 83.4 Å². The summed E-state index contributed by atoms with van der Waals surface area (Å²) in [5.41, 5.74) is 13.4. The van der Waals surface area contributed by atoms with E-state index >= 15 is 0 Å². The molecule has 0 bridgehead atoms. The Morgan fingerprint density at radius 2 is 1.31 bits per heavy atom. The Morgan fingerprint density at radius 3 is 1.93 bits per heavy atom. The molecule has 0 aromatic heterocycles. The van der Waals surface area contributed by atoms with Crippen LogP contribution in [0.2, 0.25) is 0 Å². The molecule has 0 fully saturated rings. The van der Waals surface area contributed by atoms with Crippen molar-refractivity contribution in [3.8, 4) is 11.1 Å². The maximum absolute atomic E-state index is 6.79. The van der Waals surface area contributed by atoms with Crippen LogP contribution in [-0.4, -0.2) is 0 Å². The fourth-order valence-corrected chi connectivity index (χ4v) is 5.45. The highest BCUT2D eigenvalue weighted by Gasteiger charge is 2.39. The van der Waals surface area contributed by atoms with E-state index in [2.05, 4.69) is 94.4 Å². The molecule has 0 spiro atoms. The molecular weight excluding hydrogens is 350 g/mol. The molecule has 0 saturated carbocycles. The third kappa shape index (κ3) is 2.37. The molecule has 0 saturated heterocycles. The van der Waals surface area contributed by atoms with Crippen molar-refractivity contribution >= 4 is 21.5 Å². The maximum Gasteiger partial charge on any atom is 0.0404 e. The summed E-state index contributed by atoms with van der Waals surface area (Å²) in [5, 5.41) is 5.41. The van der Waals surface area contributed by atoms with Gasteiger partial charge in [0.1, 0.15) is 0 Å². The maximum atomic E-state index is 6.79. The van der Waals surface area contributed by atoms with E-state index in [4.69, 9.17) is 5.73 Å². The Morgan fingerprint density at radius 1 is 0.759 bits per heavy atom. The van der Waals surface area contributed by atoms with Gasteiger partial charge in [-0.25, -0.2) is 0 Å². The number of benzene rings is 4. The minimum absolute atomic E-state index is 0.0628. The quantitative estimate of drug-likeness (QED) is 0.372. The fraction of sp³-hybridized carbons (Fsp3) is 0.286. The topological polar surface area (TPSA) is 26.0 Å². The largest absolute Gasteiger partial charge is 0.321 e. The van der Waals surface area contributed by atoms with E-state index in [1.165, 1.54) is 49.4 Å². The fourth-order valence-electron chi connectivity index (χ4n) is 5.45. The smallest absolute Gasteiger partial charge is 0.0404 e. The first-order valence-corrected chi connectivity index (χ1v) is 10.8. The average molecular weight is 380 g/mol. The van der Waals surface area contributed by atoms with Crippen LogP contribution in [0, 0.1) is 0 Å². The molecule has 4 aromatic carbocycles. The molecule has 0 aliphatic heterocycles. The minimum Gasteiger partial charge on any atom is -0.321 e. The van der Waals surface area contributed by atoms with E-state index in [0.717, 1.165) is 12.8 Å². The number of hydrogen-bond donors (Lipinski definition) is 1. The van der Waals surface area contributed by atoms with Crippen molar-refractivity contribution in [1.82, 2.24) is 0 Å². The molecule has 1 aliphatic carbocycles. The number of fused-ring (bicyclic) bond motifs is 8. The summed E-state index contributed by atoms with van der Waals surface area (Å²) in [6, 6.07) is 24.7. The summed E-state index contributed by atoms with van der Waals surface area (Å²) in [6.07, 6.45) is 1.89. The molecule has 1 aliphatic rings. The summed E-state index contributed by atoms with van der Waals surface area (Å²) in [6.45, 7) is 9.13. The van der Waals surface area contributed by atoms with Crippen LogP contribution in [0.15, 0.2) is 66.7 Å². The number of rotatable bonds is 3. The molecular formula is C28H29N. The summed E-state index contributed by atoms with van der Waals surface area (Å²) in [4.78, 5) is 0. The van der Waals surface area contributed by atoms with Crippen molar-refractivity contribution in [2.24, 2.45) is 5.73 Å².